The van der Waals surface area contributed by atoms with Gasteiger partial charge in [0.05, 0.1) is 19.3 Å². The van der Waals surface area contributed by atoms with Gasteiger partial charge in [0, 0.05) is 37.3 Å². The summed E-state index contributed by atoms with van der Waals surface area (Å²) in [6, 6.07) is 22.8. The number of benzene rings is 3. The normalized spacial score (nSPS) is 14.7. The fraction of sp³-hybridized carbons (Fsp3) is 0.375. The lowest BCUT2D eigenvalue weighted by molar-refractivity contribution is -0.117. The van der Waals surface area contributed by atoms with Crippen LogP contribution in [-0.4, -0.2) is 49.3 Å². The molecule has 7 nitrogen and oxygen atoms in total. The molecule has 39 heavy (non-hydrogen) atoms. The van der Waals surface area contributed by atoms with E-state index >= 15 is 0 Å². The van der Waals surface area contributed by atoms with Crippen LogP contribution in [0.1, 0.15) is 53.2 Å². The van der Waals surface area contributed by atoms with Gasteiger partial charge in [-0.05, 0) is 66.3 Å². The molecule has 1 aliphatic rings. The Morgan fingerprint density at radius 1 is 1.03 bits per heavy atom. The molecule has 206 valence electrons. The smallest absolute Gasteiger partial charge is 0.251 e. The number of hydrogen-bond acceptors (Lipinski definition) is 5. The summed E-state index contributed by atoms with van der Waals surface area (Å²) in [4.78, 5) is 27.7. The van der Waals surface area contributed by atoms with E-state index in [0.717, 1.165) is 47.4 Å². The van der Waals surface area contributed by atoms with Crippen LogP contribution in [0.5, 0.6) is 5.75 Å². The van der Waals surface area contributed by atoms with Gasteiger partial charge in [0.1, 0.15) is 5.75 Å². The maximum Gasteiger partial charge on any atom is 0.251 e. The van der Waals surface area contributed by atoms with Crippen molar-refractivity contribution in [2.45, 2.75) is 57.7 Å². The van der Waals surface area contributed by atoms with Crippen molar-refractivity contribution in [1.82, 2.24) is 10.6 Å². The van der Waals surface area contributed by atoms with Crippen molar-refractivity contribution in [2.24, 2.45) is 0 Å². The van der Waals surface area contributed by atoms with Crippen LogP contribution in [0.15, 0.2) is 72.8 Å². The zero-order chi connectivity index (χ0) is 27.6. The predicted octanol–water partition coefficient (Wildman–Crippen LogP) is 4.27. The maximum atomic E-state index is 13.6. The Morgan fingerprint density at radius 3 is 2.54 bits per heavy atom. The molecule has 0 spiro atoms. The van der Waals surface area contributed by atoms with Crippen molar-refractivity contribution in [1.29, 1.82) is 0 Å². The van der Waals surface area contributed by atoms with Crippen LogP contribution in [0, 0.1) is 0 Å². The molecule has 0 radical (unpaired) electrons. The minimum absolute atomic E-state index is 0.0921. The van der Waals surface area contributed by atoms with E-state index in [2.05, 4.69) is 17.6 Å². The summed E-state index contributed by atoms with van der Waals surface area (Å²) in [6.07, 6.45) is 2.78. The van der Waals surface area contributed by atoms with Crippen molar-refractivity contribution in [2.75, 3.05) is 25.1 Å². The van der Waals surface area contributed by atoms with E-state index in [1.165, 1.54) is 0 Å². The second-order valence-corrected chi connectivity index (χ2v) is 10.1. The predicted molar refractivity (Wildman–Crippen MR) is 154 cm³/mol. The molecular weight excluding hydrogens is 490 g/mol. The first-order valence-corrected chi connectivity index (χ1v) is 13.8. The Bertz CT molecular complexity index is 1250. The van der Waals surface area contributed by atoms with Gasteiger partial charge in [-0.25, -0.2) is 0 Å². The lowest BCUT2D eigenvalue weighted by atomic mass is 9.99. The van der Waals surface area contributed by atoms with E-state index in [0.29, 0.717) is 38.0 Å². The molecular formula is C32H39N3O4. The van der Waals surface area contributed by atoms with Gasteiger partial charge in [-0.3, -0.25) is 9.59 Å². The summed E-state index contributed by atoms with van der Waals surface area (Å²) in [7, 11) is 1.64. The number of aliphatic hydroxyl groups is 1. The maximum absolute atomic E-state index is 13.6. The van der Waals surface area contributed by atoms with Crippen LogP contribution in [0.3, 0.4) is 0 Å². The topological polar surface area (TPSA) is 90.9 Å². The molecule has 1 heterocycles. The summed E-state index contributed by atoms with van der Waals surface area (Å²) in [5.74, 6) is 0.618. The third-order valence-electron chi connectivity index (χ3n) is 7.06. The van der Waals surface area contributed by atoms with E-state index in [-0.39, 0.29) is 11.8 Å². The van der Waals surface area contributed by atoms with E-state index in [1.807, 2.05) is 66.7 Å². The number of amides is 2. The molecule has 1 fully saturated rings. The molecule has 3 N–H and O–H groups in total. The minimum atomic E-state index is -0.821. The summed E-state index contributed by atoms with van der Waals surface area (Å²) in [5, 5.41) is 17.6. The number of nitrogens with zero attached hydrogens (tertiary/aromatic N) is 1. The molecule has 2 amide bonds. The summed E-state index contributed by atoms with van der Waals surface area (Å²) in [6.45, 7) is 3.63. The molecule has 0 aliphatic carbocycles. The summed E-state index contributed by atoms with van der Waals surface area (Å²) >= 11 is 0. The summed E-state index contributed by atoms with van der Waals surface area (Å²) in [5.41, 5.74) is 4.37. The van der Waals surface area contributed by atoms with Crippen molar-refractivity contribution in [3.8, 4) is 5.75 Å². The zero-order valence-corrected chi connectivity index (χ0v) is 22.9. The van der Waals surface area contributed by atoms with Crippen LogP contribution in [0.4, 0.5) is 5.69 Å². The van der Waals surface area contributed by atoms with Crippen LogP contribution in [-0.2, 0) is 24.2 Å². The summed E-state index contributed by atoms with van der Waals surface area (Å²) < 4.78 is 5.30. The number of anilines is 1. The molecule has 3 aromatic carbocycles. The highest BCUT2D eigenvalue weighted by Crippen LogP contribution is 2.25. The van der Waals surface area contributed by atoms with Gasteiger partial charge in [0.15, 0.2) is 0 Å². The van der Waals surface area contributed by atoms with E-state index in [9.17, 15) is 14.7 Å². The second-order valence-electron chi connectivity index (χ2n) is 10.1. The molecule has 2 atom stereocenters. The highest BCUT2D eigenvalue weighted by molar-refractivity contribution is 5.99. The average molecular weight is 530 g/mol. The second kappa shape index (κ2) is 13.9. The van der Waals surface area contributed by atoms with Gasteiger partial charge in [-0.2, -0.15) is 0 Å². The van der Waals surface area contributed by atoms with Crippen molar-refractivity contribution >= 4 is 17.5 Å². The molecule has 4 rings (SSSR count). The minimum Gasteiger partial charge on any atom is -0.497 e. The van der Waals surface area contributed by atoms with Crippen molar-refractivity contribution in [3.05, 3.63) is 95.1 Å². The van der Waals surface area contributed by atoms with E-state index in [1.54, 1.807) is 18.1 Å². The number of methoxy groups -OCH3 is 1. The first-order chi connectivity index (χ1) is 19.0. The standard InChI is InChI=1S/C32H39N3O4/c1-3-9-24-16-26(20-27(17-24)35-15-8-14-31(35)37)32(38)34-29(19-23-10-5-4-6-11-23)30(36)22-33-21-25-12-7-13-28(18-25)39-2/h4-7,10-13,16-18,20,29-30,33,36H,3,8-9,14-15,19,21-22H2,1-2H3,(H,34,38)/t29-,30+/m0/s1. The average Bonchev–Trinajstić information content (AvgIpc) is 3.39. The molecule has 0 aromatic heterocycles. The number of rotatable bonds is 13. The van der Waals surface area contributed by atoms with Gasteiger partial charge < -0.3 is 25.4 Å². The lowest BCUT2D eigenvalue weighted by Crippen LogP contribution is -2.48. The molecule has 3 aromatic rings. The van der Waals surface area contributed by atoms with Crippen molar-refractivity contribution in [3.63, 3.8) is 0 Å². The Balaban J connectivity index is 1.49. The number of aryl methyl sites for hydroxylation is 1. The SMILES string of the molecule is CCCc1cc(C(=O)N[C@@H](Cc2ccccc2)[C@H](O)CNCc2cccc(OC)c2)cc(N2CCCC2=O)c1. The van der Waals surface area contributed by atoms with Gasteiger partial charge in [0.25, 0.3) is 5.91 Å². The van der Waals surface area contributed by atoms with Gasteiger partial charge in [-0.15, -0.1) is 0 Å². The Hall–Kier alpha value is -3.68. The number of hydrogen-bond donors (Lipinski definition) is 3. The highest BCUT2D eigenvalue weighted by Gasteiger charge is 2.25. The number of carbonyl (C=O) groups excluding carboxylic acids is 2. The number of nitrogens with one attached hydrogen (secondary N) is 2. The molecule has 0 saturated carbocycles. The Labute approximate surface area is 231 Å². The number of aliphatic hydroxyl groups excluding tert-OH is 1. The van der Waals surface area contributed by atoms with Crippen molar-refractivity contribution < 1.29 is 19.4 Å². The number of ether oxygens (including phenoxy) is 1. The fourth-order valence-corrected chi connectivity index (χ4v) is 5.01. The third-order valence-corrected chi connectivity index (χ3v) is 7.06. The molecule has 7 heteroatoms. The molecule has 1 saturated heterocycles. The fourth-order valence-electron chi connectivity index (χ4n) is 5.01. The highest BCUT2D eigenvalue weighted by atomic mass is 16.5. The third kappa shape index (κ3) is 7.91. The van der Waals surface area contributed by atoms with Crippen LogP contribution in [0.25, 0.3) is 0 Å². The van der Waals surface area contributed by atoms with Crippen LogP contribution >= 0.6 is 0 Å². The monoisotopic (exact) mass is 529 g/mol. The lowest BCUT2D eigenvalue weighted by Gasteiger charge is -2.25. The first-order valence-electron chi connectivity index (χ1n) is 13.8. The first kappa shape index (κ1) is 28.3. The van der Waals surface area contributed by atoms with E-state index < -0.39 is 12.1 Å². The van der Waals surface area contributed by atoms with Gasteiger partial charge in [0.2, 0.25) is 5.91 Å². The van der Waals surface area contributed by atoms with Crippen LogP contribution < -0.4 is 20.3 Å². The zero-order valence-electron chi connectivity index (χ0n) is 22.9. The van der Waals surface area contributed by atoms with Gasteiger partial charge >= 0.3 is 0 Å². The molecule has 0 unspecified atom stereocenters. The number of carbonyl (C=O) groups is 2. The van der Waals surface area contributed by atoms with Gasteiger partial charge in [-0.1, -0.05) is 55.8 Å². The van der Waals surface area contributed by atoms with E-state index in [4.69, 9.17) is 4.74 Å². The quantitative estimate of drug-likeness (QED) is 0.308. The largest absolute Gasteiger partial charge is 0.497 e. The molecule has 0 bridgehead atoms. The van der Waals surface area contributed by atoms with Crippen LogP contribution in [0.2, 0.25) is 0 Å². The molecule has 1 aliphatic heterocycles. The Morgan fingerprint density at radius 2 is 1.82 bits per heavy atom. The Kier molecular flexibility index (Phi) is 10.1.